The first kappa shape index (κ1) is 27.9. The monoisotopic (exact) mass is 527 g/mol. The van der Waals surface area contributed by atoms with E-state index in [1.54, 1.807) is 30.4 Å². The first-order valence-corrected chi connectivity index (χ1v) is 13.5. The summed E-state index contributed by atoms with van der Waals surface area (Å²) in [5, 5.41) is 56.0. The zero-order valence-electron chi connectivity index (χ0n) is 22.5. The Morgan fingerprint density at radius 3 is 2.28 bits per heavy atom. The summed E-state index contributed by atoms with van der Waals surface area (Å²) in [4.78, 5) is 0. The summed E-state index contributed by atoms with van der Waals surface area (Å²) in [7, 11) is 1.95. The Morgan fingerprint density at radius 2 is 1.54 bits per heavy atom. The number of nitrogens with one attached hydrogen (secondary N) is 1. The topological polar surface area (TPSA) is 113 Å². The van der Waals surface area contributed by atoms with Gasteiger partial charge < -0.3 is 30.8 Å². The van der Waals surface area contributed by atoms with Crippen molar-refractivity contribution in [3.63, 3.8) is 0 Å². The van der Waals surface area contributed by atoms with Crippen LogP contribution in [0.1, 0.15) is 59.6 Å². The third kappa shape index (κ3) is 6.29. The number of fused-ring (bicyclic) bond motifs is 1. The van der Waals surface area contributed by atoms with Crippen molar-refractivity contribution in [1.29, 1.82) is 0 Å². The van der Waals surface area contributed by atoms with Crippen molar-refractivity contribution >= 4 is 22.9 Å². The lowest BCUT2D eigenvalue weighted by Gasteiger charge is -2.17. The van der Waals surface area contributed by atoms with Crippen molar-refractivity contribution in [2.75, 3.05) is 7.05 Å². The normalized spacial score (nSPS) is 11.5. The van der Waals surface area contributed by atoms with Crippen LogP contribution in [0.4, 0.5) is 0 Å². The molecule has 0 aromatic heterocycles. The first-order chi connectivity index (χ1) is 18.8. The van der Waals surface area contributed by atoms with Gasteiger partial charge in [-0.1, -0.05) is 68.3 Å². The zero-order chi connectivity index (χ0) is 27.9. The van der Waals surface area contributed by atoms with Gasteiger partial charge in [0.1, 0.15) is 5.75 Å². The van der Waals surface area contributed by atoms with Crippen LogP contribution in [0, 0.1) is 0 Å². The number of hydrogen-bond acceptors (Lipinski definition) is 6. The molecule has 6 heteroatoms. The molecule has 0 saturated carbocycles. The van der Waals surface area contributed by atoms with E-state index >= 15 is 0 Å². The van der Waals surface area contributed by atoms with Gasteiger partial charge in [-0.2, -0.15) is 0 Å². The van der Waals surface area contributed by atoms with E-state index in [0.29, 0.717) is 34.9 Å². The molecule has 0 bridgehead atoms. The van der Waals surface area contributed by atoms with Gasteiger partial charge in [0.05, 0.1) is 5.39 Å². The van der Waals surface area contributed by atoms with Gasteiger partial charge in [-0.05, 0) is 84.1 Å². The summed E-state index contributed by atoms with van der Waals surface area (Å²) in [5.41, 5.74) is 5.65. The maximum Gasteiger partial charge on any atom is 0.169 e. The number of aryl methyl sites for hydroxylation is 2. The van der Waals surface area contributed by atoms with Crippen molar-refractivity contribution in [3.05, 3.63) is 88.0 Å². The Balaban J connectivity index is 1.73. The SMILES string of the molecule is CCCCCc1cc(CCc2c(O)c(O)c3c(O)cccc3c2C=Cc2ccc(O)c(O)c2)ccc1CNC. The third-order valence-corrected chi connectivity index (χ3v) is 7.20. The molecular formula is C33H37NO5. The minimum absolute atomic E-state index is 0.124. The molecule has 4 aromatic rings. The van der Waals surface area contributed by atoms with E-state index in [0.717, 1.165) is 24.9 Å². The van der Waals surface area contributed by atoms with Crippen LogP contribution in [-0.4, -0.2) is 32.6 Å². The lowest BCUT2D eigenvalue weighted by molar-refractivity contribution is 0.401. The average Bonchev–Trinajstić information content (AvgIpc) is 2.92. The summed E-state index contributed by atoms with van der Waals surface area (Å²) >= 11 is 0. The molecule has 0 amide bonds. The second kappa shape index (κ2) is 12.6. The van der Waals surface area contributed by atoms with Crippen LogP contribution in [0.15, 0.2) is 54.6 Å². The van der Waals surface area contributed by atoms with Gasteiger partial charge in [-0.3, -0.25) is 0 Å². The minimum atomic E-state index is -0.345. The Bertz CT molecular complexity index is 1490. The summed E-state index contributed by atoms with van der Waals surface area (Å²) in [6, 6.07) is 16.0. The summed E-state index contributed by atoms with van der Waals surface area (Å²) in [6.07, 6.45) is 9.19. The predicted octanol–water partition coefficient (Wildman–Crippen LogP) is 6.78. The van der Waals surface area contributed by atoms with E-state index in [2.05, 4.69) is 30.4 Å². The molecule has 0 aliphatic heterocycles. The summed E-state index contributed by atoms with van der Waals surface area (Å²) in [6.45, 7) is 3.01. The maximum atomic E-state index is 11.1. The zero-order valence-corrected chi connectivity index (χ0v) is 22.5. The standard InChI is InChI=1S/C33H37NO5/c1-3-4-5-7-23-18-21(10-14-24(23)20-34-2)12-16-27-25(15-11-22-13-17-28(35)30(37)19-22)26-8-6-9-29(36)31(26)33(39)32(27)38/h6,8-11,13-15,17-19,34-39H,3-5,7,12,16,20H2,1-2H3. The van der Waals surface area contributed by atoms with E-state index in [1.165, 1.54) is 42.2 Å². The fraction of sp³-hybridized carbons (Fsp3) is 0.273. The van der Waals surface area contributed by atoms with Crippen LogP contribution in [0.3, 0.4) is 0 Å². The lowest BCUT2D eigenvalue weighted by atomic mass is 9.91. The number of hydrogen-bond donors (Lipinski definition) is 6. The predicted molar refractivity (Wildman–Crippen MR) is 157 cm³/mol. The Morgan fingerprint density at radius 1 is 0.718 bits per heavy atom. The highest BCUT2D eigenvalue weighted by Crippen LogP contribution is 2.45. The van der Waals surface area contributed by atoms with Crippen molar-refractivity contribution in [3.8, 4) is 28.7 Å². The fourth-order valence-corrected chi connectivity index (χ4v) is 5.10. The molecular weight excluding hydrogens is 490 g/mol. The molecule has 0 saturated heterocycles. The van der Waals surface area contributed by atoms with Gasteiger partial charge in [0.25, 0.3) is 0 Å². The summed E-state index contributed by atoms with van der Waals surface area (Å²) in [5.74, 6) is -1.17. The molecule has 0 atom stereocenters. The van der Waals surface area contributed by atoms with Crippen molar-refractivity contribution in [2.24, 2.45) is 0 Å². The second-order valence-electron chi connectivity index (χ2n) is 9.96. The van der Waals surface area contributed by atoms with Crippen LogP contribution in [0.2, 0.25) is 0 Å². The third-order valence-electron chi connectivity index (χ3n) is 7.20. The quantitative estimate of drug-likeness (QED) is 0.0729. The van der Waals surface area contributed by atoms with Gasteiger partial charge in [-0.25, -0.2) is 0 Å². The van der Waals surface area contributed by atoms with Crippen LogP contribution in [0.25, 0.3) is 22.9 Å². The van der Waals surface area contributed by atoms with Crippen LogP contribution in [0.5, 0.6) is 28.7 Å². The van der Waals surface area contributed by atoms with Gasteiger partial charge in [0, 0.05) is 12.1 Å². The number of unbranched alkanes of at least 4 members (excludes halogenated alkanes) is 2. The Hall–Kier alpha value is -4.16. The number of benzene rings is 4. The highest BCUT2D eigenvalue weighted by Gasteiger charge is 2.20. The molecule has 4 rings (SSSR count). The number of rotatable bonds is 11. The maximum absolute atomic E-state index is 11.1. The smallest absolute Gasteiger partial charge is 0.169 e. The molecule has 6 nitrogen and oxygen atoms in total. The van der Waals surface area contributed by atoms with Gasteiger partial charge in [0.2, 0.25) is 0 Å². The second-order valence-corrected chi connectivity index (χ2v) is 9.96. The minimum Gasteiger partial charge on any atom is -0.507 e. The highest BCUT2D eigenvalue weighted by atomic mass is 16.3. The molecule has 0 radical (unpaired) electrons. The average molecular weight is 528 g/mol. The molecule has 0 aliphatic rings. The van der Waals surface area contributed by atoms with Crippen molar-refractivity contribution in [1.82, 2.24) is 5.32 Å². The van der Waals surface area contributed by atoms with E-state index in [4.69, 9.17) is 0 Å². The van der Waals surface area contributed by atoms with Crippen LogP contribution in [-0.2, 0) is 25.8 Å². The van der Waals surface area contributed by atoms with E-state index in [1.807, 2.05) is 7.05 Å². The number of aromatic hydroxyl groups is 5. The van der Waals surface area contributed by atoms with Crippen LogP contribution < -0.4 is 5.32 Å². The molecule has 0 aliphatic carbocycles. The number of phenols is 5. The first-order valence-electron chi connectivity index (χ1n) is 13.5. The molecule has 0 unspecified atom stereocenters. The molecule has 4 aromatic carbocycles. The van der Waals surface area contributed by atoms with Gasteiger partial charge >= 0.3 is 0 Å². The van der Waals surface area contributed by atoms with Gasteiger partial charge in [-0.15, -0.1) is 0 Å². The molecule has 0 spiro atoms. The van der Waals surface area contributed by atoms with Crippen molar-refractivity contribution in [2.45, 2.75) is 52.0 Å². The largest absolute Gasteiger partial charge is 0.507 e. The number of phenolic OH excluding ortho intramolecular Hbond substituents is 5. The molecule has 204 valence electrons. The Kier molecular flexibility index (Phi) is 8.99. The van der Waals surface area contributed by atoms with E-state index in [-0.39, 0.29) is 34.1 Å². The fourth-order valence-electron chi connectivity index (χ4n) is 5.10. The van der Waals surface area contributed by atoms with E-state index < -0.39 is 0 Å². The molecule has 39 heavy (non-hydrogen) atoms. The van der Waals surface area contributed by atoms with Gasteiger partial charge in [0.15, 0.2) is 23.0 Å². The summed E-state index contributed by atoms with van der Waals surface area (Å²) < 4.78 is 0. The van der Waals surface area contributed by atoms with Crippen molar-refractivity contribution < 1.29 is 25.5 Å². The Labute approximate surface area is 229 Å². The van der Waals surface area contributed by atoms with E-state index in [9.17, 15) is 25.5 Å². The highest BCUT2D eigenvalue weighted by molar-refractivity contribution is 6.03. The molecule has 6 N–H and O–H groups in total. The van der Waals surface area contributed by atoms with Crippen LogP contribution >= 0.6 is 0 Å². The molecule has 0 heterocycles. The molecule has 0 fully saturated rings. The lowest BCUT2D eigenvalue weighted by Crippen LogP contribution is -2.08.